The van der Waals surface area contributed by atoms with Crippen LogP contribution in [0.4, 0.5) is 0 Å². The van der Waals surface area contributed by atoms with Gasteiger partial charge < -0.3 is 23.1 Å². The lowest BCUT2D eigenvalue weighted by Crippen LogP contribution is -2.56. The second-order valence-corrected chi connectivity index (χ2v) is 12.8. The van der Waals surface area contributed by atoms with Gasteiger partial charge in [-0.05, 0) is 52.0 Å². The molecule has 0 amide bonds. The third kappa shape index (κ3) is 6.92. The fraction of sp³-hybridized carbons (Fsp3) is 0.250. The number of rotatable bonds is 14. The van der Waals surface area contributed by atoms with Crippen molar-refractivity contribution in [2.75, 3.05) is 26.4 Å². The van der Waals surface area contributed by atoms with Crippen molar-refractivity contribution in [3.63, 3.8) is 0 Å². The Morgan fingerprint density at radius 1 is 0.385 bits per heavy atom. The van der Waals surface area contributed by atoms with Crippen LogP contribution >= 0.6 is 0 Å². The molecule has 0 spiro atoms. The van der Waals surface area contributed by atoms with Crippen LogP contribution in [0.15, 0.2) is 97.1 Å². The molecule has 4 aromatic carbocycles. The van der Waals surface area contributed by atoms with Gasteiger partial charge in [-0.2, -0.15) is 0 Å². The van der Waals surface area contributed by atoms with Crippen LogP contribution in [0.3, 0.4) is 0 Å². The second kappa shape index (κ2) is 14.6. The van der Waals surface area contributed by atoms with Crippen molar-refractivity contribution in [3.8, 4) is 23.0 Å². The monoisotopic (exact) mass is 556 g/mol. The Morgan fingerprint density at radius 3 is 0.846 bits per heavy atom. The van der Waals surface area contributed by atoms with E-state index in [-0.39, 0.29) is 0 Å². The zero-order valence-electron chi connectivity index (χ0n) is 23.1. The summed E-state index contributed by atoms with van der Waals surface area (Å²) in [6.45, 7) is 10.3. The van der Waals surface area contributed by atoms with Crippen LogP contribution in [0.25, 0.3) is 0 Å². The van der Waals surface area contributed by atoms with Gasteiger partial charge in [0, 0.05) is 20.7 Å². The molecular formula is C32H36O5Si2. The SMILES string of the molecule is CCOc1ccccc1[Si](O[Si](c1ccccc1OCC)c1ccccc1OCC)c1ccccc1OCC. The molecule has 4 aromatic rings. The topological polar surface area (TPSA) is 46.2 Å². The van der Waals surface area contributed by atoms with Crippen LogP contribution in [-0.4, -0.2) is 44.5 Å². The molecule has 0 bridgehead atoms. The minimum absolute atomic E-state index is 0.567. The predicted molar refractivity (Wildman–Crippen MR) is 162 cm³/mol. The van der Waals surface area contributed by atoms with E-state index in [4.69, 9.17) is 23.1 Å². The molecule has 0 aromatic heterocycles. The molecule has 0 aliphatic heterocycles. The quantitative estimate of drug-likeness (QED) is 0.218. The Morgan fingerprint density at radius 2 is 0.615 bits per heavy atom. The van der Waals surface area contributed by atoms with Crippen molar-refractivity contribution < 1.29 is 23.1 Å². The number of hydrogen-bond acceptors (Lipinski definition) is 5. The van der Waals surface area contributed by atoms with Crippen molar-refractivity contribution in [2.24, 2.45) is 0 Å². The first-order valence-electron chi connectivity index (χ1n) is 13.5. The van der Waals surface area contributed by atoms with Crippen LogP contribution < -0.4 is 39.7 Å². The van der Waals surface area contributed by atoms with Crippen LogP contribution in [-0.2, 0) is 4.12 Å². The standard InChI is InChI=1S/C32H36O5Si2/c1-5-33-25-17-9-13-21-29(25)38(30-22-14-10-18-26(30)34-6-2)37-39(31-23-15-11-19-27(31)35-7-3)32-24-16-12-20-28(32)36-8-4/h9-24H,5-8H2,1-4H3. The van der Waals surface area contributed by atoms with Crippen molar-refractivity contribution in [3.05, 3.63) is 97.1 Å². The van der Waals surface area contributed by atoms with Gasteiger partial charge >= 0.3 is 0 Å². The van der Waals surface area contributed by atoms with Crippen molar-refractivity contribution in [2.45, 2.75) is 27.7 Å². The molecule has 0 aliphatic rings. The van der Waals surface area contributed by atoms with E-state index in [1.807, 2.05) is 100 Å². The van der Waals surface area contributed by atoms with E-state index in [1.165, 1.54) is 0 Å². The third-order valence-corrected chi connectivity index (χ3v) is 11.2. The molecule has 0 fully saturated rings. The van der Waals surface area contributed by atoms with Crippen LogP contribution in [0.5, 0.6) is 23.0 Å². The Labute approximate surface area is 235 Å². The minimum atomic E-state index is -1.87. The maximum absolute atomic E-state index is 7.43. The average Bonchev–Trinajstić information content (AvgIpc) is 2.97. The molecule has 0 saturated carbocycles. The zero-order chi connectivity index (χ0) is 27.5. The van der Waals surface area contributed by atoms with Gasteiger partial charge in [0.05, 0.1) is 26.4 Å². The fourth-order valence-corrected chi connectivity index (χ4v) is 10.0. The van der Waals surface area contributed by atoms with E-state index in [0.29, 0.717) is 26.4 Å². The number of hydrogen-bond donors (Lipinski definition) is 0. The van der Waals surface area contributed by atoms with Crippen molar-refractivity contribution >= 4 is 38.8 Å². The summed E-state index contributed by atoms with van der Waals surface area (Å²) in [5.41, 5.74) is 0. The summed E-state index contributed by atoms with van der Waals surface area (Å²) in [6, 6.07) is 32.7. The van der Waals surface area contributed by atoms with Gasteiger partial charge in [-0.25, -0.2) is 0 Å². The van der Waals surface area contributed by atoms with Crippen LogP contribution in [0, 0.1) is 0 Å². The van der Waals surface area contributed by atoms with E-state index in [0.717, 1.165) is 43.7 Å². The summed E-state index contributed by atoms with van der Waals surface area (Å²) in [4.78, 5) is 0. The highest BCUT2D eigenvalue weighted by Gasteiger charge is 2.35. The van der Waals surface area contributed by atoms with E-state index < -0.39 is 18.1 Å². The summed E-state index contributed by atoms with van der Waals surface area (Å²) < 4.78 is 31.9. The fourth-order valence-electron chi connectivity index (χ4n) is 4.35. The average molecular weight is 557 g/mol. The molecule has 7 heteroatoms. The van der Waals surface area contributed by atoms with Crippen LogP contribution in [0.1, 0.15) is 27.7 Å². The first-order chi connectivity index (χ1) is 19.2. The summed E-state index contributed by atoms with van der Waals surface area (Å²) in [6.07, 6.45) is 0. The van der Waals surface area contributed by atoms with E-state index in [1.54, 1.807) is 0 Å². The highest BCUT2D eigenvalue weighted by molar-refractivity contribution is 6.93. The third-order valence-electron chi connectivity index (χ3n) is 5.93. The number of benzene rings is 4. The highest BCUT2D eigenvalue weighted by Crippen LogP contribution is 2.18. The molecule has 0 N–H and O–H groups in total. The predicted octanol–water partition coefficient (Wildman–Crippen LogP) is 4.21. The Bertz CT molecular complexity index is 1130. The second-order valence-electron chi connectivity index (χ2n) is 8.48. The zero-order valence-corrected chi connectivity index (χ0v) is 25.1. The summed E-state index contributed by atoms with van der Waals surface area (Å²) >= 11 is 0. The smallest absolute Gasteiger partial charge is 0.280 e. The first kappa shape index (κ1) is 28.5. The number of para-hydroxylation sites is 4. The Balaban J connectivity index is 1.95. The van der Waals surface area contributed by atoms with E-state index in [2.05, 4.69) is 24.3 Å². The van der Waals surface area contributed by atoms with Gasteiger partial charge in [0.15, 0.2) is 0 Å². The molecule has 2 radical (unpaired) electrons. The molecule has 39 heavy (non-hydrogen) atoms. The molecule has 5 nitrogen and oxygen atoms in total. The molecule has 0 aliphatic carbocycles. The summed E-state index contributed by atoms with van der Waals surface area (Å²) in [7, 11) is -3.75. The molecule has 0 unspecified atom stereocenters. The van der Waals surface area contributed by atoms with E-state index in [9.17, 15) is 0 Å². The first-order valence-corrected chi connectivity index (χ1v) is 16.3. The lowest BCUT2D eigenvalue weighted by atomic mass is 10.3. The van der Waals surface area contributed by atoms with Gasteiger partial charge in [-0.1, -0.05) is 72.8 Å². The lowest BCUT2D eigenvalue weighted by molar-refractivity contribution is 0.340. The summed E-state index contributed by atoms with van der Waals surface area (Å²) in [5, 5.41) is 4.17. The van der Waals surface area contributed by atoms with Crippen LogP contribution in [0.2, 0.25) is 0 Å². The van der Waals surface area contributed by atoms with Gasteiger partial charge in [0.2, 0.25) is 0 Å². The maximum Gasteiger partial charge on any atom is 0.280 e. The highest BCUT2D eigenvalue weighted by atomic mass is 28.4. The largest absolute Gasteiger partial charge is 0.494 e. The van der Waals surface area contributed by atoms with Gasteiger partial charge in [-0.15, -0.1) is 0 Å². The van der Waals surface area contributed by atoms with Crippen molar-refractivity contribution in [1.29, 1.82) is 0 Å². The van der Waals surface area contributed by atoms with Gasteiger partial charge in [0.1, 0.15) is 23.0 Å². The number of ether oxygens (including phenoxy) is 4. The molecule has 0 heterocycles. The normalized spacial score (nSPS) is 11.0. The van der Waals surface area contributed by atoms with E-state index >= 15 is 0 Å². The lowest BCUT2D eigenvalue weighted by Gasteiger charge is -2.27. The molecule has 0 atom stereocenters. The van der Waals surface area contributed by atoms with Gasteiger partial charge in [-0.3, -0.25) is 0 Å². The molecule has 202 valence electrons. The Kier molecular flexibility index (Phi) is 10.6. The van der Waals surface area contributed by atoms with Gasteiger partial charge in [0.25, 0.3) is 18.1 Å². The molecular weight excluding hydrogens is 521 g/mol. The Hall–Kier alpha value is -3.53. The van der Waals surface area contributed by atoms with Crippen molar-refractivity contribution in [1.82, 2.24) is 0 Å². The molecule has 0 saturated heterocycles. The maximum atomic E-state index is 7.43. The minimum Gasteiger partial charge on any atom is -0.494 e. The molecule has 4 rings (SSSR count). The summed E-state index contributed by atoms with van der Waals surface area (Å²) in [5.74, 6) is 3.32.